The Morgan fingerprint density at radius 2 is 1.61 bits per heavy atom. The van der Waals surface area contributed by atoms with E-state index in [0.717, 1.165) is 23.3 Å². The zero-order chi connectivity index (χ0) is 25.2. The average Bonchev–Trinajstić information content (AvgIpc) is 2.94. The smallest absolute Gasteiger partial charge is 0.226 e. The van der Waals surface area contributed by atoms with Gasteiger partial charge in [0.15, 0.2) is 0 Å². The molecule has 2 aromatic carbocycles. The van der Waals surface area contributed by atoms with E-state index in [9.17, 15) is 9.59 Å². The van der Waals surface area contributed by atoms with Gasteiger partial charge >= 0.3 is 0 Å². The first-order valence-corrected chi connectivity index (χ1v) is 12.8. The van der Waals surface area contributed by atoms with Crippen LogP contribution < -0.4 is 4.74 Å². The molecular weight excluding hydrogens is 450 g/mol. The van der Waals surface area contributed by atoms with Crippen molar-refractivity contribution >= 4 is 11.8 Å². The summed E-state index contributed by atoms with van der Waals surface area (Å²) in [5.41, 5.74) is 3.42. The number of hydrogen-bond donors (Lipinski definition) is 0. The van der Waals surface area contributed by atoms with Crippen molar-refractivity contribution in [2.75, 3.05) is 19.7 Å². The van der Waals surface area contributed by atoms with Crippen LogP contribution in [0.3, 0.4) is 0 Å². The number of aromatic nitrogens is 1. The molecule has 1 fully saturated rings. The zero-order valence-electron chi connectivity index (χ0n) is 21.0. The lowest BCUT2D eigenvalue weighted by molar-refractivity contribution is -0.141. The summed E-state index contributed by atoms with van der Waals surface area (Å²) in [5, 5.41) is 0. The van der Waals surface area contributed by atoms with Crippen LogP contribution >= 0.6 is 0 Å². The standard InChI is InChI=1S/C30H35N3O3/c1-2-24-10-12-25(13-11-24)22-33(23-26-7-6-17-31-21-26)30(35)27-14-18-32(19-15-27)29(34)16-20-36-28-8-4-3-5-9-28/h3-13,17,21,27H,2,14-16,18-20,22-23H2,1H3. The second-order valence-corrected chi connectivity index (χ2v) is 9.29. The summed E-state index contributed by atoms with van der Waals surface area (Å²) in [6.45, 7) is 4.79. The number of piperidine rings is 1. The summed E-state index contributed by atoms with van der Waals surface area (Å²) < 4.78 is 5.67. The third-order valence-electron chi connectivity index (χ3n) is 6.74. The average molecular weight is 486 g/mol. The Morgan fingerprint density at radius 1 is 0.917 bits per heavy atom. The van der Waals surface area contributed by atoms with Gasteiger partial charge in [-0.25, -0.2) is 0 Å². The molecule has 36 heavy (non-hydrogen) atoms. The maximum atomic E-state index is 13.6. The SMILES string of the molecule is CCc1ccc(CN(Cc2cccnc2)C(=O)C2CCN(C(=O)CCOc3ccccc3)CC2)cc1. The topological polar surface area (TPSA) is 62.7 Å². The molecule has 1 saturated heterocycles. The number of rotatable bonds is 10. The number of carbonyl (C=O) groups is 2. The Morgan fingerprint density at radius 3 is 2.28 bits per heavy atom. The molecule has 1 aromatic heterocycles. The van der Waals surface area contributed by atoms with Crippen LogP contribution in [-0.2, 0) is 29.1 Å². The number of benzene rings is 2. The predicted molar refractivity (Wildman–Crippen MR) is 140 cm³/mol. The molecule has 0 aliphatic carbocycles. The summed E-state index contributed by atoms with van der Waals surface area (Å²) in [7, 11) is 0. The van der Waals surface area contributed by atoms with Gasteiger partial charge in [-0.2, -0.15) is 0 Å². The molecule has 1 aliphatic rings. The van der Waals surface area contributed by atoms with E-state index >= 15 is 0 Å². The molecule has 4 rings (SSSR count). The van der Waals surface area contributed by atoms with E-state index in [4.69, 9.17) is 4.74 Å². The van der Waals surface area contributed by atoms with E-state index < -0.39 is 0 Å². The van der Waals surface area contributed by atoms with Crippen LogP contribution in [0.5, 0.6) is 5.75 Å². The first-order chi connectivity index (χ1) is 17.6. The fourth-order valence-corrected chi connectivity index (χ4v) is 4.59. The van der Waals surface area contributed by atoms with Crippen molar-refractivity contribution in [2.24, 2.45) is 5.92 Å². The molecule has 0 unspecified atom stereocenters. The van der Waals surface area contributed by atoms with E-state index in [-0.39, 0.29) is 17.7 Å². The lowest BCUT2D eigenvalue weighted by atomic mass is 9.94. The van der Waals surface area contributed by atoms with Crippen LogP contribution in [0, 0.1) is 5.92 Å². The van der Waals surface area contributed by atoms with Crippen molar-refractivity contribution in [2.45, 2.75) is 45.7 Å². The minimum Gasteiger partial charge on any atom is -0.493 e. The second-order valence-electron chi connectivity index (χ2n) is 9.29. The first kappa shape index (κ1) is 25.4. The van der Waals surface area contributed by atoms with Gasteiger partial charge in [0.25, 0.3) is 0 Å². The van der Waals surface area contributed by atoms with Crippen LogP contribution in [0.2, 0.25) is 0 Å². The van der Waals surface area contributed by atoms with Gasteiger partial charge in [-0.15, -0.1) is 0 Å². The van der Waals surface area contributed by atoms with Gasteiger partial charge in [0, 0.05) is 44.5 Å². The fourth-order valence-electron chi connectivity index (χ4n) is 4.59. The van der Waals surface area contributed by atoms with Crippen molar-refractivity contribution in [1.29, 1.82) is 0 Å². The third kappa shape index (κ3) is 7.17. The molecule has 0 N–H and O–H groups in total. The van der Waals surface area contributed by atoms with Crippen molar-refractivity contribution in [1.82, 2.24) is 14.8 Å². The number of ether oxygens (including phenoxy) is 1. The van der Waals surface area contributed by atoms with E-state index in [1.165, 1.54) is 5.56 Å². The number of nitrogens with zero attached hydrogens (tertiary/aromatic N) is 3. The number of carbonyl (C=O) groups excluding carboxylic acids is 2. The number of aryl methyl sites for hydroxylation is 1. The minimum atomic E-state index is -0.0822. The van der Waals surface area contributed by atoms with Crippen molar-refractivity contribution in [3.8, 4) is 5.75 Å². The van der Waals surface area contributed by atoms with Gasteiger partial charge in [-0.1, -0.05) is 55.5 Å². The number of hydrogen-bond acceptors (Lipinski definition) is 4. The summed E-state index contributed by atoms with van der Waals surface area (Å²) in [5.74, 6) is 0.923. The molecule has 0 spiro atoms. The maximum Gasteiger partial charge on any atom is 0.226 e. The quantitative estimate of drug-likeness (QED) is 0.411. The van der Waals surface area contributed by atoms with E-state index in [2.05, 4.69) is 36.2 Å². The molecular formula is C30H35N3O3. The van der Waals surface area contributed by atoms with Crippen molar-refractivity contribution in [3.63, 3.8) is 0 Å². The van der Waals surface area contributed by atoms with Crippen molar-refractivity contribution < 1.29 is 14.3 Å². The Labute approximate surface area is 213 Å². The van der Waals surface area contributed by atoms with Crippen LogP contribution in [0.15, 0.2) is 79.1 Å². The van der Waals surface area contributed by atoms with Gasteiger partial charge in [-0.05, 0) is 54.2 Å². The van der Waals surface area contributed by atoms with Gasteiger partial charge in [-0.3, -0.25) is 14.6 Å². The van der Waals surface area contributed by atoms with Crippen molar-refractivity contribution in [3.05, 3.63) is 95.8 Å². The highest BCUT2D eigenvalue weighted by Crippen LogP contribution is 2.23. The lowest BCUT2D eigenvalue weighted by Crippen LogP contribution is -2.44. The van der Waals surface area contributed by atoms with Gasteiger partial charge in [0.2, 0.25) is 11.8 Å². The van der Waals surface area contributed by atoms with Crippen LogP contribution in [0.4, 0.5) is 0 Å². The highest BCUT2D eigenvalue weighted by Gasteiger charge is 2.30. The monoisotopic (exact) mass is 485 g/mol. The molecule has 188 valence electrons. The lowest BCUT2D eigenvalue weighted by Gasteiger charge is -2.34. The molecule has 0 bridgehead atoms. The Bertz CT molecular complexity index is 1100. The van der Waals surface area contributed by atoms with E-state index in [1.807, 2.05) is 58.5 Å². The van der Waals surface area contributed by atoms with Gasteiger partial charge in [0.1, 0.15) is 5.75 Å². The minimum absolute atomic E-state index is 0.0822. The Kier molecular flexibility index (Phi) is 9.09. The molecule has 0 atom stereocenters. The molecule has 2 heterocycles. The van der Waals surface area contributed by atoms with Crippen LogP contribution in [0.25, 0.3) is 0 Å². The Balaban J connectivity index is 1.32. The highest BCUT2D eigenvalue weighted by molar-refractivity contribution is 5.80. The highest BCUT2D eigenvalue weighted by atomic mass is 16.5. The number of likely N-dealkylation sites (tertiary alicyclic amines) is 1. The molecule has 2 amide bonds. The largest absolute Gasteiger partial charge is 0.493 e. The van der Waals surface area contributed by atoms with Gasteiger partial charge < -0.3 is 14.5 Å². The zero-order valence-corrected chi connectivity index (χ0v) is 21.0. The predicted octanol–water partition coefficient (Wildman–Crippen LogP) is 4.88. The Hall–Kier alpha value is -3.67. The fraction of sp³-hybridized carbons (Fsp3) is 0.367. The van der Waals surface area contributed by atoms with Gasteiger partial charge in [0.05, 0.1) is 13.0 Å². The molecule has 6 heteroatoms. The third-order valence-corrected chi connectivity index (χ3v) is 6.74. The summed E-state index contributed by atoms with van der Waals surface area (Å²) in [6, 6.07) is 21.9. The van der Waals surface area contributed by atoms with E-state index in [1.54, 1.807) is 6.20 Å². The number of para-hydroxylation sites is 1. The second kappa shape index (κ2) is 12.9. The number of amides is 2. The molecule has 3 aromatic rings. The molecule has 0 radical (unpaired) electrons. The first-order valence-electron chi connectivity index (χ1n) is 12.8. The molecule has 6 nitrogen and oxygen atoms in total. The summed E-state index contributed by atoms with van der Waals surface area (Å²) in [4.78, 5) is 34.3. The molecule has 0 saturated carbocycles. The number of pyridine rings is 1. The summed E-state index contributed by atoms with van der Waals surface area (Å²) in [6.07, 6.45) is 6.27. The van der Waals surface area contributed by atoms with Crippen LogP contribution in [-0.4, -0.2) is 46.3 Å². The van der Waals surface area contributed by atoms with Crippen LogP contribution in [0.1, 0.15) is 42.9 Å². The maximum absolute atomic E-state index is 13.6. The molecule has 1 aliphatic heterocycles. The normalized spacial score (nSPS) is 13.9. The summed E-state index contributed by atoms with van der Waals surface area (Å²) >= 11 is 0. The van der Waals surface area contributed by atoms with E-state index in [0.29, 0.717) is 52.0 Å².